The molecule has 9 aromatic carbocycles. The molecule has 2 aliphatic carbocycles. The lowest BCUT2D eigenvalue weighted by atomic mass is 9.68. The second kappa shape index (κ2) is 13.4. The normalized spacial score (nSPS) is 13.0. The molecule has 0 radical (unpaired) electrons. The van der Waals surface area contributed by atoms with Gasteiger partial charge in [-0.2, -0.15) is 0 Å². The van der Waals surface area contributed by atoms with Crippen molar-refractivity contribution in [3.05, 3.63) is 235 Å². The highest BCUT2D eigenvalue weighted by Gasteiger charge is 2.52. The van der Waals surface area contributed by atoms with Crippen molar-refractivity contribution in [2.75, 3.05) is 0 Å². The Bertz CT molecular complexity index is 3500. The minimum absolute atomic E-state index is 0.405. The molecule has 0 atom stereocenters. The molecule has 2 aliphatic rings. The van der Waals surface area contributed by atoms with Crippen LogP contribution in [0.4, 0.5) is 0 Å². The number of fused-ring (bicyclic) bond motifs is 13. The Balaban J connectivity index is 0.890. The van der Waals surface area contributed by atoms with Crippen LogP contribution >= 0.6 is 0 Å². The summed E-state index contributed by atoms with van der Waals surface area (Å²) in [5.74, 6) is 1.78. The molecule has 0 amide bonds. The zero-order valence-corrected chi connectivity index (χ0v) is 33.5. The predicted octanol–water partition coefficient (Wildman–Crippen LogP) is 14.4. The van der Waals surface area contributed by atoms with Crippen molar-refractivity contribution in [2.45, 2.75) is 5.41 Å². The summed E-state index contributed by atoms with van der Waals surface area (Å²) in [6, 6.07) is 75.8. The standard InChI is InChI=1S/C58H35N3O/c1-2-14-39(15-3-1)55-59-56(61-57(60-55)48-23-13-22-47-45-19-7-11-27-52(45)62-54(47)48)40-34-30-37(31-35-40)36-28-32-38(33-29-36)41-20-12-21-46-44-18-6-10-26-51(44)58(53(41)46)49-24-8-4-16-42(49)43-17-5-9-25-50(43)58/h1-35H. The Hall–Kier alpha value is -8.21. The van der Waals surface area contributed by atoms with Gasteiger partial charge >= 0.3 is 0 Å². The number of hydrogen-bond acceptors (Lipinski definition) is 4. The van der Waals surface area contributed by atoms with Crippen LogP contribution in [0.3, 0.4) is 0 Å². The number of furan rings is 1. The van der Waals surface area contributed by atoms with E-state index >= 15 is 0 Å². The van der Waals surface area contributed by atoms with E-state index in [1.807, 2.05) is 60.7 Å². The van der Waals surface area contributed by atoms with Crippen molar-refractivity contribution >= 4 is 21.9 Å². The molecule has 1 spiro atoms. The summed E-state index contributed by atoms with van der Waals surface area (Å²) in [5, 5.41) is 2.10. The monoisotopic (exact) mass is 789 g/mol. The van der Waals surface area contributed by atoms with E-state index in [0.29, 0.717) is 17.5 Å². The fraction of sp³-hybridized carbons (Fsp3) is 0.0172. The highest BCUT2D eigenvalue weighted by molar-refractivity contribution is 6.09. The molecule has 4 heteroatoms. The van der Waals surface area contributed by atoms with Crippen LogP contribution in [-0.2, 0) is 5.41 Å². The number of rotatable bonds is 5. The van der Waals surface area contributed by atoms with Gasteiger partial charge in [0.1, 0.15) is 11.2 Å². The fourth-order valence-electron chi connectivity index (χ4n) is 10.3. The highest BCUT2D eigenvalue weighted by Crippen LogP contribution is 2.64. The van der Waals surface area contributed by atoms with Gasteiger partial charge in [-0.25, -0.2) is 15.0 Å². The molecule has 2 heterocycles. The van der Waals surface area contributed by atoms with Crippen LogP contribution in [-0.4, -0.2) is 15.0 Å². The first-order valence-corrected chi connectivity index (χ1v) is 21.1. The molecule has 0 saturated heterocycles. The van der Waals surface area contributed by atoms with Crippen LogP contribution < -0.4 is 0 Å². The minimum Gasteiger partial charge on any atom is -0.455 e. The molecule has 62 heavy (non-hydrogen) atoms. The fourth-order valence-corrected chi connectivity index (χ4v) is 10.3. The van der Waals surface area contributed by atoms with Crippen LogP contribution in [0, 0.1) is 0 Å². The van der Waals surface area contributed by atoms with E-state index in [1.54, 1.807) is 0 Å². The molecule has 0 saturated carbocycles. The summed E-state index contributed by atoms with van der Waals surface area (Å²) in [4.78, 5) is 15.1. The lowest BCUT2D eigenvalue weighted by Gasteiger charge is -2.32. The van der Waals surface area contributed by atoms with Crippen LogP contribution in [0.2, 0.25) is 0 Å². The van der Waals surface area contributed by atoms with E-state index in [0.717, 1.165) is 49.8 Å². The predicted molar refractivity (Wildman–Crippen MR) is 251 cm³/mol. The third kappa shape index (κ3) is 4.98. The van der Waals surface area contributed by atoms with Gasteiger partial charge < -0.3 is 4.42 Å². The topological polar surface area (TPSA) is 51.8 Å². The molecular weight excluding hydrogens is 755 g/mol. The second-order valence-electron chi connectivity index (χ2n) is 16.2. The summed E-state index contributed by atoms with van der Waals surface area (Å²) >= 11 is 0. The molecule has 4 nitrogen and oxygen atoms in total. The van der Waals surface area contributed by atoms with Crippen molar-refractivity contribution in [1.29, 1.82) is 0 Å². The molecule has 0 unspecified atom stereocenters. The Kier molecular flexibility index (Phi) is 7.49. The summed E-state index contributed by atoms with van der Waals surface area (Å²) in [7, 11) is 0. The van der Waals surface area contributed by atoms with Crippen molar-refractivity contribution < 1.29 is 4.42 Å². The molecule has 13 rings (SSSR count). The van der Waals surface area contributed by atoms with Gasteiger partial charge in [0.05, 0.1) is 11.0 Å². The molecular formula is C58H35N3O. The third-order valence-electron chi connectivity index (χ3n) is 13.0. The summed E-state index contributed by atoms with van der Waals surface area (Å²) in [6.45, 7) is 0. The van der Waals surface area contributed by atoms with Crippen molar-refractivity contribution in [3.63, 3.8) is 0 Å². The average molecular weight is 790 g/mol. The molecule has 0 aliphatic heterocycles. The van der Waals surface area contributed by atoms with E-state index in [4.69, 9.17) is 19.4 Å². The Labute approximate surface area is 358 Å². The van der Waals surface area contributed by atoms with Crippen LogP contribution in [0.5, 0.6) is 0 Å². The van der Waals surface area contributed by atoms with Crippen molar-refractivity contribution in [1.82, 2.24) is 15.0 Å². The van der Waals surface area contributed by atoms with Crippen LogP contribution in [0.25, 0.3) is 101 Å². The second-order valence-corrected chi connectivity index (χ2v) is 16.2. The number of aromatic nitrogens is 3. The Morgan fingerprint density at radius 3 is 1.39 bits per heavy atom. The smallest absolute Gasteiger partial charge is 0.167 e. The largest absolute Gasteiger partial charge is 0.455 e. The number of para-hydroxylation sites is 2. The van der Waals surface area contributed by atoms with E-state index in [9.17, 15) is 0 Å². The zero-order valence-electron chi connectivity index (χ0n) is 33.5. The van der Waals surface area contributed by atoms with Gasteiger partial charge in [0, 0.05) is 21.9 Å². The number of hydrogen-bond donors (Lipinski definition) is 0. The van der Waals surface area contributed by atoms with Gasteiger partial charge in [-0.3, -0.25) is 0 Å². The first kappa shape index (κ1) is 34.6. The SMILES string of the molecule is c1ccc(-c2nc(-c3ccc(-c4ccc(-c5cccc6c5C5(c7ccccc7-c7ccccc75)c5ccccc5-6)cc4)cc3)nc(-c3cccc4c3oc3ccccc34)n2)cc1. The van der Waals surface area contributed by atoms with E-state index in [1.165, 1.54) is 55.6 Å². The first-order valence-electron chi connectivity index (χ1n) is 21.1. The van der Waals surface area contributed by atoms with Crippen LogP contribution in [0.15, 0.2) is 217 Å². The maximum Gasteiger partial charge on any atom is 0.167 e. The zero-order chi connectivity index (χ0) is 40.8. The van der Waals surface area contributed by atoms with Crippen LogP contribution in [0.1, 0.15) is 22.3 Å². The summed E-state index contributed by atoms with van der Waals surface area (Å²) in [5.41, 5.74) is 19.2. The number of nitrogens with zero attached hydrogens (tertiary/aromatic N) is 3. The van der Waals surface area contributed by atoms with E-state index in [-0.39, 0.29) is 0 Å². The van der Waals surface area contributed by atoms with Gasteiger partial charge in [0.2, 0.25) is 0 Å². The van der Waals surface area contributed by atoms with Gasteiger partial charge in [0.15, 0.2) is 17.5 Å². The molecule has 0 bridgehead atoms. The Morgan fingerprint density at radius 2 is 0.726 bits per heavy atom. The minimum atomic E-state index is -0.405. The Morgan fingerprint density at radius 1 is 0.290 bits per heavy atom. The third-order valence-corrected chi connectivity index (χ3v) is 13.0. The summed E-state index contributed by atoms with van der Waals surface area (Å²) in [6.07, 6.45) is 0. The molecule has 0 fully saturated rings. The van der Waals surface area contributed by atoms with Gasteiger partial charge in [-0.15, -0.1) is 0 Å². The molecule has 0 N–H and O–H groups in total. The van der Waals surface area contributed by atoms with Gasteiger partial charge in [-0.05, 0) is 78.9 Å². The van der Waals surface area contributed by atoms with E-state index in [2.05, 4.69) is 152 Å². The van der Waals surface area contributed by atoms with Crippen molar-refractivity contribution in [2.24, 2.45) is 0 Å². The highest BCUT2D eigenvalue weighted by atomic mass is 16.3. The van der Waals surface area contributed by atoms with Gasteiger partial charge in [0.25, 0.3) is 0 Å². The molecule has 288 valence electrons. The molecule has 11 aromatic rings. The first-order chi connectivity index (χ1) is 30.7. The number of benzene rings is 9. The lowest BCUT2D eigenvalue weighted by molar-refractivity contribution is 0.669. The average Bonchev–Trinajstić information content (AvgIpc) is 3.99. The van der Waals surface area contributed by atoms with E-state index < -0.39 is 5.41 Å². The quantitative estimate of drug-likeness (QED) is 0.174. The van der Waals surface area contributed by atoms with Gasteiger partial charge in [-0.1, -0.05) is 200 Å². The maximum atomic E-state index is 6.42. The van der Waals surface area contributed by atoms with Crippen molar-refractivity contribution in [3.8, 4) is 78.7 Å². The maximum absolute atomic E-state index is 6.42. The molecule has 2 aromatic heterocycles. The summed E-state index contributed by atoms with van der Waals surface area (Å²) < 4.78 is 6.42. The lowest BCUT2D eigenvalue weighted by Crippen LogP contribution is -2.26.